The minimum Gasteiger partial charge on any atom is -0.349 e. The molecule has 5 nitrogen and oxygen atoms in total. The molecule has 154 valence electrons. The fraction of sp³-hybridized carbons (Fsp3) is 0.391. The van der Waals surface area contributed by atoms with E-state index in [2.05, 4.69) is 41.8 Å². The molecule has 1 heterocycles. The molecule has 1 fully saturated rings. The van der Waals surface area contributed by atoms with Crippen LogP contribution in [0.2, 0.25) is 0 Å². The topological polar surface area (TPSA) is 61.4 Å². The number of nitrogens with zero attached hydrogens (tertiary/aromatic N) is 1. The summed E-state index contributed by atoms with van der Waals surface area (Å²) in [4.78, 5) is 26.4. The van der Waals surface area contributed by atoms with E-state index in [4.69, 9.17) is 0 Å². The zero-order valence-corrected chi connectivity index (χ0v) is 17.7. The van der Waals surface area contributed by atoms with E-state index in [9.17, 15) is 9.59 Å². The van der Waals surface area contributed by atoms with Gasteiger partial charge < -0.3 is 15.5 Å². The molecule has 0 spiro atoms. The van der Waals surface area contributed by atoms with Gasteiger partial charge in [0.15, 0.2) is 0 Å². The lowest BCUT2D eigenvalue weighted by Gasteiger charge is -2.32. The van der Waals surface area contributed by atoms with E-state index in [1.807, 2.05) is 47.0 Å². The molecule has 0 bridgehead atoms. The fourth-order valence-electron chi connectivity index (χ4n) is 3.30. The van der Waals surface area contributed by atoms with E-state index in [1.54, 1.807) is 0 Å². The molecular weight excluding hydrogens is 382 g/mol. The highest BCUT2D eigenvalue weighted by atomic mass is 32.2. The summed E-state index contributed by atoms with van der Waals surface area (Å²) in [5.41, 5.74) is 3.26. The van der Waals surface area contributed by atoms with E-state index in [-0.39, 0.29) is 18.0 Å². The summed E-state index contributed by atoms with van der Waals surface area (Å²) in [5, 5.41) is 6.08. The molecule has 1 aliphatic heterocycles. The summed E-state index contributed by atoms with van der Waals surface area (Å²) < 4.78 is 0. The maximum absolute atomic E-state index is 12.3. The van der Waals surface area contributed by atoms with Crippen molar-refractivity contribution >= 4 is 23.7 Å². The first-order valence-electron chi connectivity index (χ1n) is 10.1. The fourth-order valence-corrected chi connectivity index (χ4v) is 4.12. The smallest absolute Gasteiger partial charge is 0.317 e. The van der Waals surface area contributed by atoms with E-state index < -0.39 is 0 Å². The predicted octanol–water partition coefficient (Wildman–Crippen LogP) is 3.83. The highest BCUT2D eigenvalue weighted by Gasteiger charge is 2.23. The Morgan fingerprint density at radius 1 is 1.03 bits per heavy atom. The Hall–Kier alpha value is -2.47. The van der Waals surface area contributed by atoms with Crippen molar-refractivity contribution in [1.29, 1.82) is 0 Å². The number of likely N-dealkylation sites (tertiary alicyclic amines) is 1. The molecule has 0 unspecified atom stereocenters. The molecule has 3 amide bonds. The van der Waals surface area contributed by atoms with Gasteiger partial charge in [0.25, 0.3) is 5.91 Å². The molecule has 0 radical (unpaired) electrons. The van der Waals surface area contributed by atoms with Crippen molar-refractivity contribution in [3.05, 3.63) is 71.3 Å². The monoisotopic (exact) mass is 411 g/mol. The Balaban J connectivity index is 1.29. The number of thioether (sulfide) groups is 1. The van der Waals surface area contributed by atoms with Crippen molar-refractivity contribution < 1.29 is 9.59 Å². The second kappa shape index (κ2) is 10.9. The first-order valence-corrected chi connectivity index (χ1v) is 11.3. The van der Waals surface area contributed by atoms with Crippen LogP contribution in [-0.4, -0.2) is 48.3 Å². The van der Waals surface area contributed by atoms with E-state index in [0.717, 1.165) is 24.3 Å². The largest absolute Gasteiger partial charge is 0.349 e. The number of hydrogen-bond donors (Lipinski definition) is 2. The van der Waals surface area contributed by atoms with Crippen molar-refractivity contribution in [3.8, 4) is 0 Å². The predicted molar refractivity (Wildman–Crippen MR) is 119 cm³/mol. The third-order valence-electron chi connectivity index (χ3n) is 5.07. The van der Waals surface area contributed by atoms with Crippen LogP contribution in [0.1, 0.15) is 34.3 Å². The molecule has 1 saturated heterocycles. The average molecular weight is 412 g/mol. The van der Waals surface area contributed by atoms with Crippen LogP contribution in [0.3, 0.4) is 0 Å². The van der Waals surface area contributed by atoms with Crippen LogP contribution in [-0.2, 0) is 5.75 Å². The molecule has 0 aromatic heterocycles. The van der Waals surface area contributed by atoms with E-state index in [1.165, 1.54) is 11.1 Å². The lowest BCUT2D eigenvalue weighted by atomic mass is 10.0. The molecule has 29 heavy (non-hydrogen) atoms. The van der Waals surface area contributed by atoms with E-state index in [0.29, 0.717) is 25.2 Å². The Kier molecular flexibility index (Phi) is 7.99. The second-order valence-corrected chi connectivity index (χ2v) is 8.48. The quantitative estimate of drug-likeness (QED) is 0.681. The van der Waals surface area contributed by atoms with Crippen LogP contribution in [0.15, 0.2) is 54.6 Å². The van der Waals surface area contributed by atoms with Gasteiger partial charge in [-0.3, -0.25) is 4.79 Å². The first-order chi connectivity index (χ1) is 14.1. The standard InChI is InChI=1S/C23H29N3O2S/c1-18-7-9-19(10-8-18)17-29-16-13-24-23(28)26-14-11-21(12-15-26)25-22(27)20-5-3-2-4-6-20/h2-10,21H,11-17H2,1H3,(H,24,28)(H,25,27). The number of urea groups is 1. The lowest BCUT2D eigenvalue weighted by Crippen LogP contribution is -2.49. The Labute approximate surface area is 177 Å². The van der Waals surface area contributed by atoms with Crippen molar-refractivity contribution in [2.24, 2.45) is 0 Å². The third-order valence-corrected chi connectivity index (χ3v) is 6.10. The summed E-state index contributed by atoms with van der Waals surface area (Å²) >= 11 is 1.83. The molecule has 6 heteroatoms. The van der Waals surface area contributed by atoms with Gasteiger partial charge in [0.05, 0.1) is 0 Å². The molecule has 3 rings (SSSR count). The summed E-state index contributed by atoms with van der Waals surface area (Å²) in [5.74, 6) is 1.81. The summed E-state index contributed by atoms with van der Waals surface area (Å²) in [7, 11) is 0. The zero-order valence-electron chi connectivity index (χ0n) is 16.9. The Morgan fingerprint density at radius 3 is 2.41 bits per heavy atom. The highest BCUT2D eigenvalue weighted by Crippen LogP contribution is 2.13. The molecule has 0 aliphatic carbocycles. The van der Waals surface area contributed by atoms with Crippen molar-refractivity contribution in [2.45, 2.75) is 31.6 Å². The van der Waals surface area contributed by atoms with Crippen molar-refractivity contribution in [3.63, 3.8) is 0 Å². The summed E-state index contributed by atoms with van der Waals surface area (Å²) in [6.07, 6.45) is 1.57. The first kappa shape index (κ1) is 21.2. The minimum absolute atomic E-state index is 0.00577. The van der Waals surface area contributed by atoms with Gasteiger partial charge in [0.2, 0.25) is 0 Å². The number of hydrogen-bond acceptors (Lipinski definition) is 3. The maximum Gasteiger partial charge on any atom is 0.317 e. The van der Waals surface area contributed by atoms with Crippen LogP contribution in [0.5, 0.6) is 0 Å². The number of piperidine rings is 1. The van der Waals surface area contributed by atoms with Crippen molar-refractivity contribution in [2.75, 3.05) is 25.4 Å². The lowest BCUT2D eigenvalue weighted by molar-refractivity contribution is 0.0918. The summed E-state index contributed by atoms with van der Waals surface area (Å²) in [6, 6.07) is 17.9. The van der Waals surface area contributed by atoms with Gasteiger partial charge in [-0.15, -0.1) is 0 Å². The van der Waals surface area contributed by atoms with Gasteiger partial charge in [-0.25, -0.2) is 4.79 Å². The SMILES string of the molecule is Cc1ccc(CSCCNC(=O)N2CCC(NC(=O)c3ccccc3)CC2)cc1. The second-order valence-electron chi connectivity index (χ2n) is 7.37. The number of carbonyl (C=O) groups excluding carboxylic acids is 2. The van der Waals surface area contributed by atoms with Gasteiger partial charge >= 0.3 is 6.03 Å². The Bertz CT molecular complexity index is 788. The van der Waals surface area contributed by atoms with Crippen molar-refractivity contribution in [1.82, 2.24) is 15.5 Å². The molecule has 2 aromatic carbocycles. The van der Waals surface area contributed by atoms with Gasteiger partial charge in [-0.05, 0) is 37.5 Å². The minimum atomic E-state index is -0.0425. The van der Waals surface area contributed by atoms with Gasteiger partial charge in [-0.1, -0.05) is 48.0 Å². The number of amides is 3. The normalized spacial score (nSPS) is 14.4. The number of carbonyl (C=O) groups is 2. The van der Waals surface area contributed by atoms with Crippen LogP contribution in [0.25, 0.3) is 0 Å². The number of nitrogens with one attached hydrogen (secondary N) is 2. The number of aryl methyl sites for hydroxylation is 1. The molecule has 0 atom stereocenters. The number of rotatable bonds is 7. The van der Waals surface area contributed by atoms with E-state index >= 15 is 0 Å². The summed E-state index contributed by atoms with van der Waals surface area (Å²) in [6.45, 7) is 4.09. The molecule has 2 N–H and O–H groups in total. The third kappa shape index (κ3) is 6.82. The van der Waals surface area contributed by atoms with Crippen LogP contribution in [0, 0.1) is 6.92 Å². The van der Waals surface area contributed by atoms with Crippen LogP contribution >= 0.6 is 11.8 Å². The number of benzene rings is 2. The maximum atomic E-state index is 12.3. The molecule has 0 saturated carbocycles. The molecular formula is C23H29N3O2S. The van der Waals surface area contributed by atoms with Gasteiger partial charge in [0, 0.05) is 42.7 Å². The zero-order chi connectivity index (χ0) is 20.5. The Morgan fingerprint density at radius 2 is 1.72 bits per heavy atom. The molecule has 2 aromatic rings. The molecule has 1 aliphatic rings. The van der Waals surface area contributed by atoms with Crippen LogP contribution < -0.4 is 10.6 Å². The van der Waals surface area contributed by atoms with Gasteiger partial charge in [0.1, 0.15) is 0 Å². The highest BCUT2D eigenvalue weighted by molar-refractivity contribution is 7.98. The average Bonchev–Trinajstić information content (AvgIpc) is 2.76. The van der Waals surface area contributed by atoms with Gasteiger partial charge in [-0.2, -0.15) is 11.8 Å². The van der Waals surface area contributed by atoms with Crippen LogP contribution in [0.4, 0.5) is 4.79 Å².